The summed E-state index contributed by atoms with van der Waals surface area (Å²) in [4.78, 5) is 0. The second-order valence-corrected chi connectivity index (χ2v) is 2.06. The fourth-order valence-corrected chi connectivity index (χ4v) is 0. The quantitative estimate of drug-likeness (QED) is 0.418. The Morgan fingerprint density at radius 3 is 0.857 bits per heavy atom. The molecule has 0 aliphatic carbocycles. The minimum absolute atomic E-state index is 0. The van der Waals surface area contributed by atoms with Gasteiger partial charge in [-0.05, 0) is 0 Å². The summed E-state index contributed by atoms with van der Waals surface area (Å²) in [6.45, 7) is 0. The van der Waals surface area contributed by atoms with E-state index in [9.17, 15) is 0 Å². The maximum atomic E-state index is 8.62. The van der Waals surface area contributed by atoms with Crippen LogP contribution in [0.2, 0.25) is 0 Å². The number of hydrogen-bond acceptors (Lipinski definition) is 4. The first-order valence-corrected chi connectivity index (χ1v) is 3.37. The fourth-order valence-electron chi connectivity index (χ4n) is 0. The zero-order valence-electron chi connectivity index (χ0n) is 3.17. The Hall–Kier alpha value is 2.63. The van der Waals surface area contributed by atoms with E-state index in [-0.39, 0.29) is 65.7 Å². The van der Waals surface area contributed by atoms with Crippen LogP contribution in [0.25, 0.3) is 0 Å². The van der Waals surface area contributed by atoms with E-state index in [4.69, 9.17) is 14.8 Å². The molecule has 0 heterocycles. The molecule has 0 spiro atoms. The molecule has 0 bridgehead atoms. The van der Waals surface area contributed by atoms with Gasteiger partial charge in [-0.1, -0.05) is 0 Å². The van der Waals surface area contributed by atoms with E-state index in [1.807, 2.05) is 0 Å². The van der Waals surface area contributed by atoms with Crippen molar-refractivity contribution in [2.75, 3.05) is 0 Å². The van der Waals surface area contributed by atoms with Gasteiger partial charge in [-0.25, -0.2) is 0 Å². The molecular weight excluding hydrogens is 308 g/mol. The van der Waals surface area contributed by atoms with Crippen LogP contribution < -0.4 is 14.8 Å². The van der Waals surface area contributed by atoms with E-state index in [1.54, 1.807) is 0 Å². The molecule has 1 radical (unpaired) electrons. The van der Waals surface area contributed by atoms with Gasteiger partial charge in [0.05, 0.1) is 0 Å². The Labute approximate surface area is 96.5 Å². The first kappa shape index (κ1) is 16.3. The van der Waals surface area contributed by atoms with Crippen molar-refractivity contribution in [1.82, 2.24) is 0 Å². The second-order valence-electron chi connectivity index (χ2n) is 0.500. The first-order chi connectivity index (χ1) is 2.00. The van der Waals surface area contributed by atoms with Crippen molar-refractivity contribution in [3.05, 3.63) is 0 Å². The van der Waals surface area contributed by atoms with Crippen molar-refractivity contribution in [1.29, 1.82) is 0 Å². The molecule has 0 aliphatic heterocycles. The molecule has 4 nitrogen and oxygen atoms in total. The topological polar surface area (TPSA) is 92.2 Å². The van der Waals surface area contributed by atoms with Gasteiger partial charge in [-0.3, -0.25) is 0 Å². The third kappa shape index (κ3) is 54.8. The third-order valence-corrected chi connectivity index (χ3v) is 0. The molecule has 0 atom stereocenters. The molecule has 0 amide bonds. The molecule has 7 heavy (non-hydrogen) atoms. The summed E-state index contributed by atoms with van der Waals surface area (Å²) < 4.78 is 34.5. The average Bonchev–Trinajstić information content (AvgIpc) is 0.722. The molecule has 39 valence electrons. The maximum absolute atomic E-state index is 8.62. The zero-order chi connectivity index (χ0) is 4.50. The van der Waals surface area contributed by atoms with Gasteiger partial charge in [-0.15, -0.1) is 0 Å². The molecule has 0 N–H and O–H groups in total. The summed E-state index contributed by atoms with van der Waals surface area (Å²) in [5.41, 5.74) is 0. The summed E-state index contributed by atoms with van der Waals surface area (Å²) in [5.74, 6) is 0. The van der Waals surface area contributed by atoms with Crippen LogP contribution in [0.4, 0.5) is 0 Å². The van der Waals surface area contributed by atoms with Crippen LogP contribution in [-0.2, 0) is 34.9 Å². The third-order valence-electron chi connectivity index (χ3n) is 0. The molecule has 0 saturated heterocycles. The zero-order valence-corrected chi connectivity index (χ0v) is 10.2. The predicted octanol–water partition coefficient (Wildman–Crippen LogP) is -5.14. The molecule has 0 aromatic heterocycles. The molecule has 0 aromatic rings. The summed E-state index contributed by atoms with van der Waals surface area (Å²) in [5, 5.41) is 0. The number of rotatable bonds is 0. The van der Waals surface area contributed by atoms with Crippen LogP contribution >= 0.6 is 0 Å². The van der Waals surface area contributed by atoms with Crippen molar-refractivity contribution < 1.29 is 49.7 Å². The molecule has 0 unspecified atom stereocenters. The normalized spacial score (nSPS) is 8.57. The molecule has 7 heteroatoms. The summed E-state index contributed by atoms with van der Waals surface area (Å²) >= 11 is -6.00. The van der Waals surface area contributed by atoms with Crippen molar-refractivity contribution >= 4 is 48.9 Å². The second kappa shape index (κ2) is 6.75. The Bertz CT molecular complexity index is 27.2. The SMILES string of the molecule is [Ba+2].[Co+2].[O-][Ti]([O-])([O-])[O-]. The Morgan fingerprint density at radius 1 is 0.857 bits per heavy atom. The van der Waals surface area contributed by atoms with Crippen LogP contribution in [0.15, 0.2) is 0 Å². The molecule has 0 fully saturated rings. The van der Waals surface area contributed by atoms with E-state index >= 15 is 0 Å². The van der Waals surface area contributed by atoms with Gasteiger partial charge in [0.25, 0.3) is 0 Å². The van der Waals surface area contributed by atoms with Crippen LogP contribution in [0, 0.1) is 0 Å². The standard InChI is InChI=1S/Ba.Co.4O.Ti/q2*+2;4*-1;. The average molecular weight is 308 g/mol. The van der Waals surface area contributed by atoms with Crippen molar-refractivity contribution in [2.45, 2.75) is 0 Å². The van der Waals surface area contributed by atoms with Gasteiger partial charge >= 0.3 is 98.6 Å². The summed E-state index contributed by atoms with van der Waals surface area (Å²) in [7, 11) is 0. The summed E-state index contributed by atoms with van der Waals surface area (Å²) in [6.07, 6.45) is 0. The predicted molar refractivity (Wildman–Crippen MR) is 5.75 cm³/mol. The van der Waals surface area contributed by atoms with Gasteiger partial charge in [0.1, 0.15) is 0 Å². The number of hydrogen-bond donors (Lipinski definition) is 0. The van der Waals surface area contributed by atoms with Gasteiger partial charge in [0.2, 0.25) is 0 Å². The fraction of sp³-hybridized carbons (Fsp3) is 0. The molecular formula is BaCoO4Ti. The van der Waals surface area contributed by atoms with E-state index < -0.39 is 18.1 Å². The minimum atomic E-state index is -6.00. The van der Waals surface area contributed by atoms with Gasteiger partial charge in [0, 0.05) is 0 Å². The van der Waals surface area contributed by atoms with Crippen LogP contribution in [0.1, 0.15) is 0 Å². The van der Waals surface area contributed by atoms with Crippen LogP contribution in [-0.4, -0.2) is 48.9 Å². The van der Waals surface area contributed by atoms with Gasteiger partial charge in [-0.2, -0.15) is 0 Å². The molecule has 0 rings (SSSR count). The molecule has 0 saturated carbocycles. The van der Waals surface area contributed by atoms with Crippen LogP contribution in [0.3, 0.4) is 0 Å². The Morgan fingerprint density at radius 2 is 0.857 bits per heavy atom. The van der Waals surface area contributed by atoms with Crippen LogP contribution in [0.5, 0.6) is 0 Å². The molecule has 0 aliphatic rings. The van der Waals surface area contributed by atoms with Crippen molar-refractivity contribution in [2.24, 2.45) is 0 Å². The van der Waals surface area contributed by atoms with E-state index in [1.165, 1.54) is 0 Å². The van der Waals surface area contributed by atoms with E-state index in [2.05, 4.69) is 0 Å². The van der Waals surface area contributed by atoms with E-state index in [0.717, 1.165) is 0 Å². The Balaban J connectivity index is -0.0000000800. The monoisotopic (exact) mass is 309 g/mol. The first-order valence-electron chi connectivity index (χ1n) is 0.816. The van der Waals surface area contributed by atoms with Crippen molar-refractivity contribution in [3.8, 4) is 0 Å². The molecule has 0 aromatic carbocycles. The van der Waals surface area contributed by atoms with Gasteiger partial charge in [0.15, 0.2) is 0 Å². The Kier molecular flexibility index (Phi) is 15.7. The van der Waals surface area contributed by atoms with E-state index in [0.29, 0.717) is 0 Å². The van der Waals surface area contributed by atoms with Crippen molar-refractivity contribution in [3.63, 3.8) is 0 Å². The summed E-state index contributed by atoms with van der Waals surface area (Å²) in [6, 6.07) is 0. The van der Waals surface area contributed by atoms with Gasteiger partial charge < -0.3 is 0 Å².